The van der Waals surface area contributed by atoms with Crippen molar-refractivity contribution in [1.29, 1.82) is 0 Å². The van der Waals surface area contributed by atoms with Gasteiger partial charge in [-0.05, 0) is 50.3 Å². The lowest BCUT2D eigenvalue weighted by molar-refractivity contribution is -0.130. The first-order valence-corrected chi connectivity index (χ1v) is 8.73. The van der Waals surface area contributed by atoms with E-state index in [1.54, 1.807) is 42.5 Å². The lowest BCUT2D eigenvalue weighted by atomic mass is 9.97. The molecule has 3 rings (SSSR count). The van der Waals surface area contributed by atoms with Crippen molar-refractivity contribution < 1.29 is 29.2 Å². The summed E-state index contributed by atoms with van der Waals surface area (Å²) in [4.78, 5) is 11.9. The van der Waals surface area contributed by atoms with E-state index in [4.69, 9.17) is 14.2 Å². The number of phenolic OH excluding ortho intramolecular Hbond substituents is 1. The molecule has 0 fully saturated rings. The largest absolute Gasteiger partial charge is 0.507 e. The molecule has 0 spiro atoms. The van der Waals surface area contributed by atoms with Crippen LogP contribution in [0.15, 0.2) is 42.5 Å². The third kappa shape index (κ3) is 4.02. The number of phenols is 1. The molecule has 1 aliphatic heterocycles. The summed E-state index contributed by atoms with van der Waals surface area (Å²) in [5.41, 5.74) is 0.785. The van der Waals surface area contributed by atoms with E-state index in [0.717, 1.165) is 0 Å². The zero-order valence-electron chi connectivity index (χ0n) is 15.9. The summed E-state index contributed by atoms with van der Waals surface area (Å²) in [5.74, 6) is -0.264. The van der Waals surface area contributed by atoms with E-state index in [0.29, 0.717) is 28.2 Å². The predicted octanol–water partition coefficient (Wildman–Crippen LogP) is 4.18. The van der Waals surface area contributed by atoms with Gasteiger partial charge in [0.25, 0.3) is 0 Å². The number of carbonyl (C=O) groups is 1. The third-order valence-corrected chi connectivity index (χ3v) is 4.27. The average molecular weight is 382 g/mol. The van der Waals surface area contributed by atoms with Gasteiger partial charge in [-0.25, -0.2) is 4.79 Å². The van der Waals surface area contributed by atoms with Crippen LogP contribution in [-0.2, 0) is 9.53 Å². The standard InChI is InChI=1S/C22H22O6/c1-22(2)11-10-16-19(28-22)9-8-14(20(16)23)12-17(21(24)25)15-6-4-5-7-18(15)27-13-26-3/h4-12,23H,13H2,1-3H3,(H,24,25). The summed E-state index contributed by atoms with van der Waals surface area (Å²) < 4.78 is 16.2. The van der Waals surface area contributed by atoms with Gasteiger partial charge in [-0.1, -0.05) is 18.2 Å². The number of benzene rings is 2. The van der Waals surface area contributed by atoms with E-state index < -0.39 is 11.6 Å². The maximum atomic E-state index is 11.9. The first-order valence-electron chi connectivity index (χ1n) is 8.73. The molecule has 0 atom stereocenters. The molecule has 0 aliphatic carbocycles. The van der Waals surface area contributed by atoms with E-state index in [1.807, 2.05) is 19.9 Å². The van der Waals surface area contributed by atoms with Crippen molar-refractivity contribution >= 4 is 23.7 Å². The molecule has 28 heavy (non-hydrogen) atoms. The highest BCUT2D eigenvalue weighted by molar-refractivity contribution is 6.21. The maximum Gasteiger partial charge on any atom is 0.336 e. The molecule has 0 saturated carbocycles. The number of fused-ring (bicyclic) bond motifs is 1. The molecule has 2 aromatic carbocycles. The zero-order chi connectivity index (χ0) is 20.3. The molecule has 0 radical (unpaired) electrons. The van der Waals surface area contributed by atoms with Crippen molar-refractivity contribution in [3.63, 3.8) is 0 Å². The molecule has 146 valence electrons. The summed E-state index contributed by atoms with van der Waals surface area (Å²) >= 11 is 0. The van der Waals surface area contributed by atoms with Gasteiger partial charge in [-0.2, -0.15) is 0 Å². The quantitative estimate of drug-likeness (QED) is 0.443. The van der Waals surface area contributed by atoms with E-state index in [-0.39, 0.29) is 18.1 Å². The van der Waals surface area contributed by atoms with Gasteiger partial charge in [0.05, 0.1) is 11.1 Å². The van der Waals surface area contributed by atoms with Gasteiger partial charge < -0.3 is 24.4 Å². The first kappa shape index (κ1) is 19.5. The van der Waals surface area contributed by atoms with Gasteiger partial charge in [0.15, 0.2) is 6.79 Å². The molecular formula is C22H22O6. The molecule has 1 heterocycles. The fraction of sp³-hybridized carbons (Fsp3) is 0.227. The Morgan fingerprint density at radius 2 is 1.96 bits per heavy atom. The van der Waals surface area contributed by atoms with Crippen LogP contribution in [0.2, 0.25) is 0 Å². The Morgan fingerprint density at radius 3 is 2.68 bits per heavy atom. The van der Waals surface area contributed by atoms with Crippen molar-refractivity contribution in [3.05, 3.63) is 59.2 Å². The molecule has 0 saturated heterocycles. The van der Waals surface area contributed by atoms with Gasteiger partial charge >= 0.3 is 5.97 Å². The van der Waals surface area contributed by atoms with Gasteiger partial charge in [0.1, 0.15) is 22.8 Å². The Labute approximate surface area is 163 Å². The van der Waals surface area contributed by atoms with Gasteiger partial charge in [0, 0.05) is 18.2 Å². The first-order chi connectivity index (χ1) is 13.3. The van der Waals surface area contributed by atoms with Crippen LogP contribution in [0.1, 0.15) is 30.5 Å². The van der Waals surface area contributed by atoms with Crippen LogP contribution in [-0.4, -0.2) is 35.7 Å². The number of carboxylic acid groups (broad SMARTS) is 1. The fourth-order valence-corrected chi connectivity index (χ4v) is 2.92. The minimum Gasteiger partial charge on any atom is -0.507 e. The summed E-state index contributed by atoms with van der Waals surface area (Å²) in [6, 6.07) is 10.1. The predicted molar refractivity (Wildman–Crippen MR) is 106 cm³/mol. The van der Waals surface area contributed by atoms with E-state index >= 15 is 0 Å². The highest BCUT2D eigenvalue weighted by atomic mass is 16.7. The summed E-state index contributed by atoms with van der Waals surface area (Å²) in [6.45, 7) is 3.82. The molecule has 6 heteroatoms. The van der Waals surface area contributed by atoms with Crippen LogP contribution in [0.4, 0.5) is 0 Å². The Balaban J connectivity index is 2.07. The Hall–Kier alpha value is -3.25. The highest BCUT2D eigenvalue weighted by Crippen LogP contribution is 2.40. The van der Waals surface area contributed by atoms with E-state index in [1.165, 1.54) is 13.2 Å². The number of aliphatic carboxylic acids is 1. The van der Waals surface area contributed by atoms with Gasteiger partial charge in [-0.3, -0.25) is 0 Å². The molecule has 1 aliphatic rings. The second kappa shape index (κ2) is 7.78. The second-order valence-electron chi connectivity index (χ2n) is 6.86. The Kier molecular flexibility index (Phi) is 5.42. The normalized spacial score (nSPS) is 14.9. The second-order valence-corrected chi connectivity index (χ2v) is 6.86. The van der Waals surface area contributed by atoms with Crippen molar-refractivity contribution in [2.75, 3.05) is 13.9 Å². The van der Waals surface area contributed by atoms with Crippen molar-refractivity contribution in [1.82, 2.24) is 0 Å². The monoisotopic (exact) mass is 382 g/mol. The van der Waals surface area contributed by atoms with Crippen LogP contribution in [0, 0.1) is 0 Å². The minimum atomic E-state index is -1.14. The number of rotatable bonds is 6. The van der Waals surface area contributed by atoms with Gasteiger partial charge in [-0.15, -0.1) is 0 Å². The van der Waals surface area contributed by atoms with Crippen LogP contribution >= 0.6 is 0 Å². The van der Waals surface area contributed by atoms with Crippen LogP contribution in [0.25, 0.3) is 17.7 Å². The fourth-order valence-electron chi connectivity index (χ4n) is 2.92. The number of hydrogen-bond donors (Lipinski definition) is 2. The zero-order valence-corrected chi connectivity index (χ0v) is 15.9. The molecule has 0 bridgehead atoms. The van der Waals surface area contributed by atoms with Crippen molar-refractivity contribution in [3.8, 4) is 17.2 Å². The minimum absolute atomic E-state index is 0.00801. The van der Waals surface area contributed by atoms with Crippen LogP contribution in [0.5, 0.6) is 17.2 Å². The molecule has 2 N–H and O–H groups in total. The highest BCUT2D eigenvalue weighted by Gasteiger charge is 2.24. The number of para-hydroxylation sites is 1. The molecule has 0 unspecified atom stereocenters. The smallest absolute Gasteiger partial charge is 0.336 e. The molecular weight excluding hydrogens is 360 g/mol. The summed E-state index contributed by atoms with van der Waals surface area (Å²) in [5, 5.41) is 20.4. The van der Waals surface area contributed by atoms with Crippen LogP contribution in [0.3, 0.4) is 0 Å². The van der Waals surface area contributed by atoms with Crippen molar-refractivity contribution in [2.45, 2.75) is 19.4 Å². The molecule has 0 aromatic heterocycles. The van der Waals surface area contributed by atoms with Crippen molar-refractivity contribution in [2.24, 2.45) is 0 Å². The molecule has 0 amide bonds. The molecule has 2 aromatic rings. The van der Waals surface area contributed by atoms with Crippen LogP contribution < -0.4 is 9.47 Å². The SMILES string of the molecule is COCOc1ccccc1C(=Cc1ccc2c(c1O)C=CC(C)(C)O2)C(=O)O. The average Bonchev–Trinajstić information content (AvgIpc) is 2.65. The van der Waals surface area contributed by atoms with Gasteiger partial charge in [0.2, 0.25) is 0 Å². The lowest BCUT2D eigenvalue weighted by Gasteiger charge is -2.28. The van der Waals surface area contributed by atoms with E-state index in [9.17, 15) is 15.0 Å². The lowest BCUT2D eigenvalue weighted by Crippen LogP contribution is -2.27. The number of aromatic hydroxyl groups is 1. The number of carboxylic acids is 1. The van der Waals surface area contributed by atoms with E-state index in [2.05, 4.69) is 0 Å². The number of hydrogen-bond acceptors (Lipinski definition) is 5. The third-order valence-electron chi connectivity index (χ3n) is 4.27. The Morgan fingerprint density at radius 1 is 1.21 bits per heavy atom. The Bertz CT molecular complexity index is 955. The summed E-state index contributed by atoms with van der Waals surface area (Å²) in [7, 11) is 1.48. The number of methoxy groups -OCH3 is 1. The molecule has 6 nitrogen and oxygen atoms in total. The number of ether oxygens (including phenoxy) is 3. The topological polar surface area (TPSA) is 85.2 Å². The maximum absolute atomic E-state index is 11.9. The summed E-state index contributed by atoms with van der Waals surface area (Å²) in [6.07, 6.45) is 5.04.